The van der Waals surface area contributed by atoms with E-state index in [1.165, 1.54) is 11.3 Å². The number of thiophene rings is 1. The molecule has 0 saturated carbocycles. The molecule has 2 heterocycles. The van der Waals surface area contributed by atoms with Crippen LogP contribution in [-0.4, -0.2) is 60.3 Å². The molecule has 0 aliphatic carbocycles. The molecule has 0 bridgehead atoms. The summed E-state index contributed by atoms with van der Waals surface area (Å²) >= 11 is 1.42. The van der Waals surface area contributed by atoms with Crippen LogP contribution in [0, 0.1) is 0 Å². The van der Waals surface area contributed by atoms with E-state index in [2.05, 4.69) is 0 Å². The van der Waals surface area contributed by atoms with Crippen LogP contribution in [0.25, 0.3) is 0 Å². The third-order valence-electron chi connectivity index (χ3n) is 4.15. The van der Waals surface area contributed by atoms with E-state index in [1.807, 2.05) is 17.5 Å². The van der Waals surface area contributed by atoms with Gasteiger partial charge in [-0.2, -0.15) is 0 Å². The predicted molar refractivity (Wildman–Crippen MR) is 97.3 cm³/mol. The number of rotatable bonds is 5. The molecule has 3 rings (SSSR count). The van der Waals surface area contributed by atoms with Crippen molar-refractivity contribution in [2.75, 3.05) is 32.8 Å². The fraction of sp³-hybridized carbons (Fsp3) is 0.278. The second-order valence-corrected chi connectivity index (χ2v) is 6.78. The lowest BCUT2D eigenvalue weighted by molar-refractivity contribution is -0.134. The van der Waals surface area contributed by atoms with Crippen molar-refractivity contribution in [2.45, 2.75) is 0 Å². The van der Waals surface area contributed by atoms with Crippen LogP contribution in [0.15, 0.2) is 41.8 Å². The second-order valence-electron chi connectivity index (χ2n) is 5.83. The van der Waals surface area contributed by atoms with Gasteiger partial charge in [0.25, 0.3) is 11.8 Å². The van der Waals surface area contributed by atoms with Crippen molar-refractivity contribution < 1.29 is 19.1 Å². The number of carbonyl (C=O) groups is 3. The molecule has 2 N–H and O–H groups in total. The van der Waals surface area contributed by atoms with E-state index in [4.69, 9.17) is 10.5 Å². The Morgan fingerprint density at radius 1 is 1.00 bits per heavy atom. The highest BCUT2D eigenvalue weighted by Crippen LogP contribution is 2.15. The molecule has 26 heavy (non-hydrogen) atoms. The van der Waals surface area contributed by atoms with Crippen molar-refractivity contribution in [1.82, 2.24) is 9.80 Å². The zero-order valence-electron chi connectivity index (χ0n) is 14.1. The number of hydrogen-bond donors (Lipinski definition) is 1. The summed E-state index contributed by atoms with van der Waals surface area (Å²) in [4.78, 5) is 39.8. The second kappa shape index (κ2) is 8.01. The molecule has 1 aliphatic heterocycles. The Bertz CT molecular complexity index is 781. The molecule has 136 valence electrons. The largest absolute Gasteiger partial charge is 0.484 e. The van der Waals surface area contributed by atoms with E-state index < -0.39 is 5.91 Å². The Kier molecular flexibility index (Phi) is 5.52. The van der Waals surface area contributed by atoms with E-state index in [1.54, 1.807) is 34.1 Å². The molecule has 1 aliphatic rings. The van der Waals surface area contributed by atoms with Crippen LogP contribution in [0.5, 0.6) is 5.75 Å². The van der Waals surface area contributed by atoms with E-state index in [0.717, 1.165) is 0 Å². The van der Waals surface area contributed by atoms with Crippen LogP contribution >= 0.6 is 11.3 Å². The fourth-order valence-electron chi connectivity index (χ4n) is 2.67. The number of primary amides is 1. The minimum atomic E-state index is -0.511. The minimum absolute atomic E-state index is 0.0119. The number of hydrogen-bond acceptors (Lipinski definition) is 5. The molecule has 0 unspecified atom stereocenters. The van der Waals surface area contributed by atoms with Gasteiger partial charge in [-0.05, 0) is 35.7 Å². The Morgan fingerprint density at radius 2 is 1.65 bits per heavy atom. The van der Waals surface area contributed by atoms with Gasteiger partial charge >= 0.3 is 0 Å². The average molecular weight is 373 g/mol. The molecule has 0 radical (unpaired) electrons. The van der Waals surface area contributed by atoms with Gasteiger partial charge in [0.15, 0.2) is 6.61 Å². The topological polar surface area (TPSA) is 92.9 Å². The lowest BCUT2D eigenvalue weighted by Crippen LogP contribution is -2.51. The zero-order valence-corrected chi connectivity index (χ0v) is 14.9. The first-order valence-corrected chi connectivity index (χ1v) is 9.06. The van der Waals surface area contributed by atoms with Gasteiger partial charge in [0, 0.05) is 31.7 Å². The lowest BCUT2D eigenvalue weighted by Gasteiger charge is -2.34. The van der Waals surface area contributed by atoms with Crippen molar-refractivity contribution in [3.63, 3.8) is 0 Å². The molecular formula is C18H19N3O4S. The van der Waals surface area contributed by atoms with Crippen LogP contribution in [0.3, 0.4) is 0 Å². The van der Waals surface area contributed by atoms with E-state index in [9.17, 15) is 14.4 Å². The normalized spacial score (nSPS) is 14.2. The summed E-state index contributed by atoms with van der Waals surface area (Å²) in [5, 5.41) is 1.88. The third-order valence-corrected chi connectivity index (χ3v) is 5.01. The molecule has 1 fully saturated rings. The molecule has 1 saturated heterocycles. The van der Waals surface area contributed by atoms with Crippen LogP contribution in [0.4, 0.5) is 0 Å². The zero-order chi connectivity index (χ0) is 18.5. The fourth-order valence-corrected chi connectivity index (χ4v) is 3.36. The van der Waals surface area contributed by atoms with Gasteiger partial charge in [-0.15, -0.1) is 11.3 Å². The van der Waals surface area contributed by atoms with Gasteiger partial charge in [-0.3, -0.25) is 14.4 Å². The van der Waals surface area contributed by atoms with Crippen LogP contribution in [-0.2, 0) is 4.79 Å². The molecule has 1 aromatic carbocycles. The predicted octanol–water partition coefficient (Wildman–Crippen LogP) is 1.21. The molecule has 8 heteroatoms. The lowest BCUT2D eigenvalue weighted by atomic mass is 10.2. The average Bonchev–Trinajstić information content (AvgIpc) is 3.20. The molecule has 0 atom stereocenters. The van der Waals surface area contributed by atoms with Gasteiger partial charge in [0.2, 0.25) is 5.91 Å². The summed E-state index contributed by atoms with van der Waals surface area (Å²) in [6, 6.07) is 9.97. The number of piperazine rings is 1. The summed E-state index contributed by atoms with van der Waals surface area (Å²) in [5.74, 6) is -0.137. The minimum Gasteiger partial charge on any atom is -0.484 e. The Morgan fingerprint density at radius 3 is 2.23 bits per heavy atom. The molecular weight excluding hydrogens is 354 g/mol. The van der Waals surface area contributed by atoms with Crippen molar-refractivity contribution in [1.29, 1.82) is 0 Å². The van der Waals surface area contributed by atoms with E-state index in [0.29, 0.717) is 42.4 Å². The Hall–Kier alpha value is -2.87. The summed E-state index contributed by atoms with van der Waals surface area (Å²) in [6.45, 7) is 1.90. The number of nitrogens with two attached hydrogens (primary N) is 1. The molecule has 3 amide bonds. The number of benzene rings is 1. The highest BCUT2D eigenvalue weighted by atomic mass is 32.1. The summed E-state index contributed by atoms with van der Waals surface area (Å²) < 4.78 is 5.47. The first kappa shape index (κ1) is 17.9. The number of ether oxygens (including phenoxy) is 1. The summed E-state index contributed by atoms with van der Waals surface area (Å²) in [7, 11) is 0. The van der Waals surface area contributed by atoms with Crippen LogP contribution < -0.4 is 10.5 Å². The number of amides is 3. The van der Waals surface area contributed by atoms with Gasteiger partial charge in [-0.25, -0.2) is 0 Å². The maximum atomic E-state index is 12.3. The summed E-state index contributed by atoms with van der Waals surface area (Å²) in [5.41, 5.74) is 5.56. The first-order valence-electron chi connectivity index (χ1n) is 8.18. The van der Waals surface area contributed by atoms with Gasteiger partial charge in [0.1, 0.15) is 5.75 Å². The van der Waals surface area contributed by atoms with Crippen molar-refractivity contribution in [3.8, 4) is 5.75 Å². The SMILES string of the molecule is NC(=O)c1ccc(OCC(=O)N2CCN(C(=O)c3cccs3)CC2)cc1. The first-order chi connectivity index (χ1) is 12.5. The molecule has 7 nitrogen and oxygen atoms in total. The van der Waals surface area contributed by atoms with E-state index >= 15 is 0 Å². The smallest absolute Gasteiger partial charge is 0.264 e. The van der Waals surface area contributed by atoms with Gasteiger partial charge < -0.3 is 20.3 Å². The molecule has 0 spiro atoms. The van der Waals surface area contributed by atoms with Crippen LogP contribution in [0.1, 0.15) is 20.0 Å². The van der Waals surface area contributed by atoms with E-state index in [-0.39, 0.29) is 18.4 Å². The maximum Gasteiger partial charge on any atom is 0.264 e. The van der Waals surface area contributed by atoms with Gasteiger partial charge in [-0.1, -0.05) is 6.07 Å². The maximum absolute atomic E-state index is 12.3. The molecule has 2 aromatic rings. The number of carbonyl (C=O) groups excluding carboxylic acids is 3. The Balaban J connectivity index is 1.46. The monoisotopic (exact) mass is 373 g/mol. The van der Waals surface area contributed by atoms with Gasteiger partial charge in [0.05, 0.1) is 4.88 Å². The van der Waals surface area contributed by atoms with Crippen molar-refractivity contribution in [2.24, 2.45) is 5.73 Å². The van der Waals surface area contributed by atoms with Crippen LogP contribution in [0.2, 0.25) is 0 Å². The highest BCUT2D eigenvalue weighted by molar-refractivity contribution is 7.12. The third kappa shape index (κ3) is 4.20. The van der Waals surface area contributed by atoms with Crippen molar-refractivity contribution >= 4 is 29.1 Å². The van der Waals surface area contributed by atoms with Crippen molar-refractivity contribution in [3.05, 3.63) is 52.2 Å². The summed E-state index contributed by atoms with van der Waals surface area (Å²) in [6.07, 6.45) is 0. The quantitative estimate of drug-likeness (QED) is 0.853. The standard InChI is InChI=1S/C18H19N3O4S/c19-17(23)13-3-5-14(6-4-13)25-12-16(22)20-7-9-21(10-8-20)18(24)15-2-1-11-26-15/h1-6,11H,7-10,12H2,(H2,19,23). The number of nitrogens with zero attached hydrogens (tertiary/aromatic N) is 2. The highest BCUT2D eigenvalue weighted by Gasteiger charge is 2.25. The molecule has 1 aromatic heterocycles. The Labute approximate surface area is 155 Å².